The molecule has 2 aliphatic heterocycles. The van der Waals surface area contributed by atoms with E-state index in [0.717, 1.165) is 31.6 Å². The van der Waals surface area contributed by atoms with Crippen molar-refractivity contribution in [2.24, 2.45) is 0 Å². The Balaban J connectivity index is 1.58. The van der Waals surface area contributed by atoms with Crippen LogP contribution in [0.25, 0.3) is 0 Å². The van der Waals surface area contributed by atoms with Crippen LogP contribution < -0.4 is 4.90 Å². The lowest BCUT2D eigenvalue weighted by Crippen LogP contribution is -2.50. The van der Waals surface area contributed by atoms with Gasteiger partial charge in [0.05, 0.1) is 12.4 Å². The minimum absolute atomic E-state index is 0.0391. The highest BCUT2D eigenvalue weighted by atomic mass is 32.2. The van der Waals surface area contributed by atoms with Crippen LogP contribution in [-0.2, 0) is 14.8 Å². The van der Waals surface area contributed by atoms with Crippen LogP contribution in [0, 0.1) is 0 Å². The third-order valence-electron chi connectivity index (χ3n) is 5.25. The SMILES string of the molecule is COC1CCN(c2ccc(C(=O)N3CCN(S(C)(=O)=O)CC3)cc2)CC1. The first-order chi connectivity index (χ1) is 12.4. The molecule has 0 N–H and O–H groups in total. The first kappa shape index (κ1) is 19.1. The molecule has 1 aromatic rings. The van der Waals surface area contributed by atoms with Crippen molar-refractivity contribution in [3.8, 4) is 0 Å². The molecule has 0 atom stereocenters. The van der Waals surface area contributed by atoms with E-state index in [2.05, 4.69) is 4.90 Å². The fourth-order valence-electron chi connectivity index (χ4n) is 3.57. The van der Waals surface area contributed by atoms with Crippen LogP contribution in [-0.4, -0.2) is 82.3 Å². The van der Waals surface area contributed by atoms with Gasteiger partial charge in [0, 0.05) is 57.6 Å². The molecule has 0 saturated carbocycles. The number of piperazine rings is 1. The third kappa shape index (κ3) is 4.36. The summed E-state index contributed by atoms with van der Waals surface area (Å²) in [6.45, 7) is 3.49. The summed E-state index contributed by atoms with van der Waals surface area (Å²) in [6, 6.07) is 7.71. The van der Waals surface area contributed by atoms with Gasteiger partial charge in [-0.05, 0) is 37.1 Å². The van der Waals surface area contributed by atoms with Gasteiger partial charge in [0.1, 0.15) is 0 Å². The lowest BCUT2D eigenvalue weighted by molar-refractivity contribution is 0.0698. The Morgan fingerprint density at radius 2 is 1.58 bits per heavy atom. The Morgan fingerprint density at radius 1 is 1.00 bits per heavy atom. The molecule has 8 heteroatoms. The second kappa shape index (κ2) is 7.94. The number of anilines is 1. The zero-order valence-electron chi connectivity index (χ0n) is 15.4. The van der Waals surface area contributed by atoms with E-state index in [-0.39, 0.29) is 5.91 Å². The van der Waals surface area contributed by atoms with Crippen LogP contribution in [0.15, 0.2) is 24.3 Å². The second-order valence-corrected chi connectivity index (χ2v) is 8.91. The molecule has 2 fully saturated rings. The van der Waals surface area contributed by atoms with Crippen LogP contribution in [0.3, 0.4) is 0 Å². The number of hydrogen-bond donors (Lipinski definition) is 0. The molecular weight excluding hydrogens is 354 g/mol. The van der Waals surface area contributed by atoms with Crippen molar-refractivity contribution in [1.82, 2.24) is 9.21 Å². The minimum Gasteiger partial charge on any atom is -0.381 e. The largest absolute Gasteiger partial charge is 0.381 e. The van der Waals surface area contributed by atoms with Crippen molar-refractivity contribution in [2.75, 3.05) is 57.5 Å². The molecule has 26 heavy (non-hydrogen) atoms. The first-order valence-electron chi connectivity index (χ1n) is 9.00. The summed E-state index contributed by atoms with van der Waals surface area (Å²) in [5.41, 5.74) is 1.77. The number of carbonyl (C=O) groups is 1. The van der Waals surface area contributed by atoms with Crippen molar-refractivity contribution in [3.05, 3.63) is 29.8 Å². The van der Waals surface area contributed by atoms with Gasteiger partial charge < -0.3 is 14.5 Å². The highest BCUT2D eigenvalue weighted by Gasteiger charge is 2.26. The number of rotatable bonds is 4. The van der Waals surface area contributed by atoms with Gasteiger partial charge in [0.15, 0.2) is 0 Å². The quantitative estimate of drug-likeness (QED) is 0.779. The molecular formula is C18H27N3O4S. The van der Waals surface area contributed by atoms with Gasteiger partial charge in [-0.1, -0.05) is 0 Å². The zero-order valence-corrected chi connectivity index (χ0v) is 16.2. The lowest BCUT2D eigenvalue weighted by atomic mass is 10.1. The molecule has 2 heterocycles. The molecule has 0 bridgehead atoms. The molecule has 2 saturated heterocycles. The van der Waals surface area contributed by atoms with E-state index in [1.54, 1.807) is 12.0 Å². The summed E-state index contributed by atoms with van der Waals surface area (Å²) < 4.78 is 30.0. The maximum Gasteiger partial charge on any atom is 0.253 e. The molecule has 7 nitrogen and oxygen atoms in total. The standard InChI is InChI=1S/C18H27N3O4S/c1-25-17-7-9-19(10-8-17)16-5-3-15(4-6-16)18(22)20-11-13-21(14-12-20)26(2,23)24/h3-6,17H,7-14H2,1-2H3. The fraction of sp³-hybridized carbons (Fsp3) is 0.611. The van der Waals surface area contributed by atoms with Crippen LogP contribution in [0.2, 0.25) is 0 Å². The molecule has 0 radical (unpaired) electrons. The number of nitrogens with zero attached hydrogens (tertiary/aromatic N) is 3. The average Bonchev–Trinajstić information content (AvgIpc) is 2.67. The highest BCUT2D eigenvalue weighted by Crippen LogP contribution is 2.22. The number of sulfonamides is 1. The van der Waals surface area contributed by atoms with Gasteiger partial charge in [0.25, 0.3) is 5.91 Å². The van der Waals surface area contributed by atoms with E-state index in [0.29, 0.717) is 37.8 Å². The Kier molecular flexibility index (Phi) is 5.84. The van der Waals surface area contributed by atoms with Crippen LogP contribution >= 0.6 is 0 Å². The van der Waals surface area contributed by atoms with Crippen molar-refractivity contribution in [1.29, 1.82) is 0 Å². The summed E-state index contributed by atoms with van der Waals surface area (Å²) >= 11 is 0. The molecule has 0 aliphatic carbocycles. The van der Waals surface area contributed by atoms with E-state index in [1.807, 2.05) is 24.3 Å². The van der Waals surface area contributed by atoms with Crippen LogP contribution in [0.5, 0.6) is 0 Å². The van der Waals surface area contributed by atoms with Crippen LogP contribution in [0.1, 0.15) is 23.2 Å². The molecule has 2 aliphatic rings. The number of methoxy groups -OCH3 is 1. The molecule has 3 rings (SSSR count). The second-order valence-electron chi connectivity index (χ2n) is 6.92. The molecule has 0 aromatic heterocycles. The number of carbonyl (C=O) groups excluding carboxylic acids is 1. The smallest absolute Gasteiger partial charge is 0.253 e. The Bertz CT molecular complexity index is 719. The summed E-state index contributed by atoms with van der Waals surface area (Å²) in [5.74, 6) is -0.0391. The van der Waals surface area contributed by atoms with Gasteiger partial charge in [-0.2, -0.15) is 4.31 Å². The lowest BCUT2D eigenvalue weighted by Gasteiger charge is -2.34. The number of hydrogen-bond acceptors (Lipinski definition) is 5. The average molecular weight is 381 g/mol. The van der Waals surface area contributed by atoms with Gasteiger partial charge in [-0.3, -0.25) is 4.79 Å². The molecule has 144 valence electrons. The predicted octanol–water partition coefficient (Wildman–Crippen LogP) is 1.02. The molecule has 1 amide bonds. The van der Waals surface area contributed by atoms with Gasteiger partial charge in [-0.25, -0.2) is 8.42 Å². The summed E-state index contributed by atoms with van der Waals surface area (Å²) in [5, 5.41) is 0. The van der Waals surface area contributed by atoms with E-state index >= 15 is 0 Å². The Labute approximate surface area is 155 Å². The van der Waals surface area contributed by atoms with Gasteiger partial charge in [-0.15, -0.1) is 0 Å². The minimum atomic E-state index is -3.18. The summed E-state index contributed by atoms with van der Waals surface area (Å²) in [7, 11) is -1.42. The molecule has 0 unspecified atom stereocenters. The maximum atomic E-state index is 12.7. The number of amides is 1. The normalized spacial score (nSPS) is 20.4. The van der Waals surface area contributed by atoms with E-state index < -0.39 is 10.0 Å². The van der Waals surface area contributed by atoms with E-state index in [1.165, 1.54) is 10.6 Å². The Morgan fingerprint density at radius 3 is 2.08 bits per heavy atom. The van der Waals surface area contributed by atoms with E-state index in [4.69, 9.17) is 4.74 Å². The van der Waals surface area contributed by atoms with E-state index in [9.17, 15) is 13.2 Å². The zero-order chi connectivity index (χ0) is 18.7. The Hall–Kier alpha value is -1.64. The fourth-order valence-corrected chi connectivity index (χ4v) is 4.40. The predicted molar refractivity (Wildman–Crippen MR) is 101 cm³/mol. The first-order valence-corrected chi connectivity index (χ1v) is 10.9. The highest BCUT2D eigenvalue weighted by molar-refractivity contribution is 7.88. The molecule has 1 aromatic carbocycles. The van der Waals surface area contributed by atoms with Gasteiger partial charge in [0.2, 0.25) is 10.0 Å². The van der Waals surface area contributed by atoms with Crippen LogP contribution in [0.4, 0.5) is 5.69 Å². The van der Waals surface area contributed by atoms with Crippen molar-refractivity contribution in [2.45, 2.75) is 18.9 Å². The third-order valence-corrected chi connectivity index (χ3v) is 6.55. The molecule has 0 spiro atoms. The topological polar surface area (TPSA) is 70.2 Å². The van der Waals surface area contributed by atoms with Crippen molar-refractivity contribution < 1.29 is 17.9 Å². The van der Waals surface area contributed by atoms with Crippen molar-refractivity contribution >= 4 is 21.6 Å². The monoisotopic (exact) mass is 381 g/mol. The van der Waals surface area contributed by atoms with Gasteiger partial charge >= 0.3 is 0 Å². The number of piperidine rings is 1. The number of ether oxygens (including phenoxy) is 1. The maximum absolute atomic E-state index is 12.7. The summed E-state index contributed by atoms with van der Waals surface area (Å²) in [4.78, 5) is 16.7. The number of benzene rings is 1. The summed E-state index contributed by atoms with van der Waals surface area (Å²) in [6.07, 6.45) is 3.58. The van der Waals surface area contributed by atoms with Crippen molar-refractivity contribution in [3.63, 3.8) is 0 Å².